The average Bonchev–Trinajstić information content (AvgIpc) is 3.31. The van der Waals surface area contributed by atoms with E-state index in [4.69, 9.17) is 11.6 Å². The van der Waals surface area contributed by atoms with E-state index in [9.17, 15) is 9.90 Å². The van der Waals surface area contributed by atoms with E-state index in [1.54, 1.807) is 13.1 Å². The molecule has 0 spiro atoms. The molecule has 0 saturated heterocycles. The number of rotatable bonds is 4. The van der Waals surface area contributed by atoms with Crippen LogP contribution in [0.15, 0.2) is 30.3 Å². The van der Waals surface area contributed by atoms with E-state index in [-0.39, 0.29) is 5.91 Å². The van der Waals surface area contributed by atoms with E-state index in [1.165, 1.54) is 4.90 Å². The average molecular weight is 305 g/mol. The number of hydrogen-bond donors (Lipinski definition) is 1. The van der Waals surface area contributed by atoms with Crippen LogP contribution >= 0.6 is 11.6 Å². The summed E-state index contributed by atoms with van der Waals surface area (Å²) in [5, 5.41) is 12.0. The number of aromatic nitrogens is 1. The van der Waals surface area contributed by atoms with Gasteiger partial charge in [0.1, 0.15) is 10.8 Å². The third-order valence-corrected chi connectivity index (χ3v) is 4.17. The van der Waals surface area contributed by atoms with E-state index >= 15 is 0 Å². The number of nitrogens with zero attached hydrogens (tertiary/aromatic N) is 2. The van der Waals surface area contributed by atoms with Gasteiger partial charge in [0.2, 0.25) is 0 Å². The Hall–Kier alpha value is -1.65. The number of hydrogen-bond acceptors (Lipinski definition) is 3. The Balaban J connectivity index is 1.83. The molecule has 2 aromatic rings. The fourth-order valence-corrected chi connectivity index (χ4v) is 2.72. The Morgan fingerprint density at radius 2 is 2.19 bits per heavy atom. The van der Waals surface area contributed by atoms with Gasteiger partial charge >= 0.3 is 0 Å². The molecular weight excluding hydrogens is 288 g/mol. The maximum absolute atomic E-state index is 12.4. The Bertz CT molecular complexity index is 685. The molecule has 1 aliphatic rings. The first-order chi connectivity index (χ1) is 10.1. The van der Waals surface area contributed by atoms with Gasteiger partial charge in [-0.05, 0) is 30.2 Å². The van der Waals surface area contributed by atoms with Gasteiger partial charge in [-0.2, -0.15) is 0 Å². The number of fused-ring (bicyclic) bond motifs is 1. The molecule has 1 saturated carbocycles. The topological polar surface area (TPSA) is 53.4 Å². The molecule has 21 heavy (non-hydrogen) atoms. The van der Waals surface area contributed by atoms with E-state index in [1.807, 2.05) is 24.3 Å². The van der Waals surface area contributed by atoms with E-state index in [2.05, 4.69) is 4.98 Å². The molecule has 1 aromatic carbocycles. The molecule has 1 fully saturated rings. The number of carbonyl (C=O) groups is 1. The second kappa shape index (κ2) is 5.62. The molecule has 0 bridgehead atoms. The van der Waals surface area contributed by atoms with Crippen LogP contribution in [-0.4, -0.2) is 40.6 Å². The maximum Gasteiger partial charge on any atom is 0.272 e. The molecule has 5 heteroatoms. The first kappa shape index (κ1) is 14.3. The van der Waals surface area contributed by atoms with Gasteiger partial charge in [-0.15, -0.1) is 0 Å². The zero-order chi connectivity index (χ0) is 15.0. The highest BCUT2D eigenvalue weighted by Gasteiger charge is 2.31. The zero-order valence-electron chi connectivity index (χ0n) is 11.8. The number of pyridine rings is 1. The molecule has 1 atom stereocenters. The van der Waals surface area contributed by atoms with Gasteiger partial charge in [0.15, 0.2) is 0 Å². The molecule has 1 amide bonds. The molecule has 1 heterocycles. The monoisotopic (exact) mass is 304 g/mol. The summed E-state index contributed by atoms with van der Waals surface area (Å²) in [6.07, 6.45) is 1.64. The van der Waals surface area contributed by atoms with Crippen molar-refractivity contribution in [1.82, 2.24) is 9.88 Å². The Kier molecular flexibility index (Phi) is 3.83. The fourth-order valence-electron chi connectivity index (χ4n) is 2.45. The first-order valence-corrected chi connectivity index (χ1v) is 7.43. The molecule has 1 aromatic heterocycles. The van der Waals surface area contributed by atoms with Crippen molar-refractivity contribution >= 4 is 28.3 Å². The first-order valence-electron chi connectivity index (χ1n) is 7.05. The van der Waals surface area contributed by atoms with Crippen LogP contribution in [0.25, 0.3) is 10.8 Å². The van der Waals surface area contributed by atoms with Gasteiger partial charge in [0.25, 0.3) is 5.91 Å². The second-order valence-corrected chi connectivity index (χ2v) is 5.97. The normalized spacial score (nSPS) is 16.0. The summed E-state index contributed by atoms with van der Waals surface area (Å²) in [5.41, 5.74) is 0.309. The Labute approximate surface area is 128 Å². The highest BCUT2D eigenvalue weighted by molar-refractivity contribution is 6.34. The molecular formula is C16H17ClN2O2. The van der Waals surface area contributed by atoms with Crippen LogP contribution in [0.2, 0.25) is 5.15 Å². The van der Waals surface area contributed by atoms with Gasteiger partial charge in [0, 0.05) is 19.0 Å². The summed E-state index contributed by atoms with van der Waals surface area (Å²) < 4.78 is 0. The van der Waals surface area contributed by atoms with Crippen LogP contribution in [0.1, 0.15) is 23.3 Å². The third kappa shape index (κ3) is 3.01. The lowest BCUT2D eigenvalue weighted by atomic mass is 10.1. The summed E-state index contributed by atoms with van der Waals surface area (Å²) in [6, 6.07) is 9.30. The summed E-state index contributed by atoms with van der Waals surface area (Å²) in [6.45, 7) is 0.329. The van der Waals surface area contributed by atoms with Gasteiger partial charge in [-0.25, -0.2) is 4.98 Å². The molecule has 1 unspecified atom stereocenters. The van der Waals surface area contributed by atoms with Crippen molar-refractivity contribution in [2.45, 2.75) is 18.9 Å². The molecule has 1 aliphatic carbocycles. The second-order valence-electron chi connectivity index (χ2n) is 5.61. The predicted molar refractivity (Wildman–Crippen MR) is 82.4 cm³/mol. The number of amides is 1. The third-order valence-electron chi connectivity index (χ3n) is 3.89. The summed E-state index contributed by atoms with van der Waals surface area (Å²) in [5.74, 6) is 0.121. The van der Waals surface area contributed by atoms with Crippen molar-refractivity contribution in [3.05, 3.63) is 41.2 Å². The summed E-state index contributed by atoms with van der Waals surface area (Å²) in [7, 11) is 1.68. The number of benzene rings is 1. The van der Waals surface area contributed by atoms with Gasteiger partial charge in [-0.1, -0.05) is 35.9 Å². The van der Waals surface area contributed by atoms with Crippen LogP contribution in [0.4, 0.5) is 0 Å². The van der Waals surface area contributed by atoms with Crippen molar-refractivity contribution in [1.29, 1.82) is 0 Å². The Morgan fingerprint density at radius 3 is 2.90 bits per heavy atom. The van der Waals surface area contributed by atoms with E-state index in [0.717, 1.165) is 23.6 Å². The molecule has 0 radical (unpaired) electrons. The lowest BCUT2D eigenvalue weighted by Crippen LogP contribution is -2.35. The van der Waals surface area contributed by atoms with Crippen LogP contribution in [-0.2, 0) is 0 Å². The van der Waals surface area contributed by atoms with Crippen molar-refractivity contribution in [2.75, 3.05) is 13.6 Å². The lowest BCUT2D eigenvalue weighted by Gasteiger charge is -2.20. The van der Waals surface area contributed by atoms with Crippen molar-refractivity contribution in [3.63, 3.8) is 0 Å². The minimum atomic E-state index is -0.449. The number of aliphatic hydroxyl groups excluding tert-OH is 1. The highest BCUT2D eigenvalue weighted by Crippen LogP contribution is 2.32. The molecule has 0 aliphatic heterocycles. The van der Waals surface area contributed by atoms with Crippen molar-refractivity contribution in [2.24, 2.45) is 5.92 Å². The fraction of sp³-hybridized carbons (Fsp3) is 0.375. The SMILES string of the molecule is CN(CC(O)C1CC1)C(=O)c1cc2ccccc2c(Cl)n1. The van der Waals surface area contributed by atoms with Gasteiger partial charge in [0.05, 0.1) is 6.10 Å². The van der Waals surface area contributed by atoms with Gasteiger partial charge in [-0.3, -0.25) is 4.79 Å². The molecule has 110 valence electrons. The smallest absolute Gasteiger partial charge is 0.272 e. The molecule has 3 rings (SSSR count). The lowest BCUT2D eigenvalue weighted by molar-refractivity contribution is 0.0640. The molecule has 1 N–H and O–H groups in total. The minimum absolute atomic E-state index is 0.220. The van der Waals surface area contributed by atoms with Crippen LogP contribution < -0.4 is 0 Å². The number of carbonyl (C=O) groups excluding carboxylic acids is 1. The minimum Gasteiger partial charge on any atom is -0.391 e. The number of aliphatic hydroxyl groups is 1. The summed E-state index contributed by atoms with van der Waals surface area (Å²) in [4.78, 5) is 18.1. The maximum atomic E-state index is 12.4. The summed E-state index contributed by atoms with van der Waals surface area (Å²) >= 11 is 6.15. The van der Waals surface area contributed by atoms with Gasteiger partial charge < -0.3 is 10.0 Å². The van der Waals surface area contributed by atoms with E-state index < -0.39 is 6.10 Å². The van der Waals surface area contributed by atoms with Crippen LogP contribution in [0.3, 0.4) is 0 Å². The largest absolute Gasteiger partial charge is 0.391 e. The quantitative estimate of drug-likeness (QED) is 0.884. The predicted octanol–water partition coefficient (Wildman–Crippen LogP) is 2.73. The highest BCUT2D eigenvalue weighted by atomic mass is 35.5. The Morgan fingerprint density at radius 1 is 1.48 bits per heavy atom. The number of halogens is 1. The van der Waals surface area contributed by atoms with Crippen LogP contribution in [0.5, 0.6) is 0 Å². The van der Waals surface area contributed by atoms with Crippen LogP contribution in [0, 0.1) is 5.92 Å². The standard InChI is InChI=1S/C16H17ClN2O2/c1-19(9-14(20)10-6-7-10)16(21)13-8-11-4-2-3-5-12(11)15(17)18-13/h2-5,8,10,14,20H,6-7,9H2,1H3. The molecule has 4 nitrogen and oxygen atoms in total. The number of likely N-dealkylation sites (N-methyl/N-ethyl adjacent to an activating group) is 1. The van der Waals surface area contributed by atoms with Crippen molar-refractivity contribution < 1.29 is 9.90 Å². The van der Waals surface area contributed by atoms with E-state index in [0.29, 0.717) is 23.3 Å². The zero-order valence-corrected chi connectivity index (χ0v) is 12.5. The van der Waals surface area contributed by atoms with Crippen molar-refractivity contribution in [3.8, 4) is 0 Å².